The van der Waals surface area contributed by atoms with E-state index in [9.17, 15) is 9.59 Å². The molecule has 1 aromatic carbocycles. The van der Waals surface area contributed by atoms with Crippen LogP contribution in [0.15, 0.2) is 36.7 Å². The van der Waals surface area contributed by atoms with Gasteiger partial charge in [-0.15, -0.1) is 0 Å². The number of hydrogen-bond acceptors (Lipinski definition) is 5. The van der Waals surface area contributed by atoms with Gasteiger partial charge in [0.1, 0.15) is 11.5 Å². The van der Waals surface area contributed by atoms with Crippen molar-refractivity contribution in [3.05, 3.63) is 47.9 Å². The Bertz CT molecular complexity index is 679. The van der Waals surface area contributed by atoms with Gasteiger partial charge in [0.15, 0.2) is 5.78 Å². The first kappa shape index (κ1) is 16.6. The largest absolute Gasteiger partial charge is 0.350 e. The zero-order valence-electron chi connectivity index (χ0n) is 13.5. The minimum atomic E-state index is -0.233. The normalized spacial score (nSPS) is 10.4. The lowest BCUT2D eigenvalue weighted by Crippen LogP contribution is -2.28. The maximum Gasteiger partial charge on any atom is 0.271 e. The number of anilines is 2. The Morgan fingerprint density at radius 1 is 1.09 bits per heavy atom. The fourth-order valence-electron chi connectivity index (χ4n) is 1.83. The van der Waals surface area contributed by atoms with Crippen molar-refractivity contribution >= 4 is 23.2 Å². The van der Waals surface area contributed by atoms with Crippen LogP contribution in [-0.4, -0.2) is 28.2 Å². The third-order valence-electron chi connectivity index (χ3n) is 3.12. The summed E-state index contributed by atoms with van der Waals surface area (Å²) < 4.78 is 0. The van der Waals surface area contributed by atoms with Gasteiger partial charge in [0.25, 0.3) is 5.91 Å². The Hall–Kier alpha value is -2.76. The van der Waals surface area contributed by atoms with Gasteiger partial charge in [-0.1, -0.05) is 13.8 Å². The number of nitrogens with zero attached hydrogens (tertiary/aromatic N) is 2. The third-order valence-corrected chi connectivity index (χ3v) is 3.12. The summed E-state index contributed by atoms with van der Waals surface area (Å²) >= 11 is 0. The molecule has 0 aliphatic carbocycles. The highest BCUT2D eigenvalue weighted by Gasteiger charge is 2.08. The van der Waals surface area contributed by atoms with Gasteiger partial charge in [0.05, 0.1) is 12.4 Å². The van der Waals surface area contributed by atoms with Gasteiger partial charge in [-0.25, -0.2) is 9.97 Å². The minimum Gasteiger partial charge on any atom is -0.350 e. The Balaban J connectivity index is 1.99. The van der Waals surface area contributed by atoms with Crippen LogP contribution in [0.2, 0.25) is 0 Å². The predicted molar refractivity (Wildman–Crippen MR) is 88.9 cm³/mol. The van der Waals surface area contributed by atoms with Gasteiger partial charge in [-0.2, -0.15) is 0 Å². The van der Waals surface area contributed by atoms with Crippen LogP contribution in [-0.2, 0) is 0 Å². The Morgan fingerprint density at radius 2 is 1.78 bits per heavy atom. The molecule has 0 aliphatic heterocycles. The van der Waals surface area contributed by atoms with E-state index < -0.39 is 0 Å². The van der Waals surface area contributed by atoms with Gasteiger partial charge >= 0.3 is 0 Å². The molecule has 0 aliphatic rings. The standard InChI is InChI=1S/C17H20N4O2/c1-11(2)8-20-17(23)15-9-19-16(10-18-15)21-14-6-4-13(5-7-14)12(3)22/h4-7,9-11H,8H2,1-3H3,(H,19,21)(H,20,23). The smallest absolute Gasteiger partial charge is 0.271 e. The molecule has 0 radical (unpaired) electrons. The van der Waals surface area contributed by atoms with E-state index in [1.54, 1.807) is 24.3 Å². The molecule has 0 atom stereocenters. The molecule has 2 rings (SSSR count). The SMILES string of the molecule is CC(=O)c1ccc(Nc2cnc(C(=O)NCC(C)C)cn2)cc1. The second kappa shape index (κ2) is 7.49. The molecule has 120 valence electrons. The molecular formula is C17H20N4O2. The van der Waals surface area contributed by atoms with Crippen molar-refractivity contribution in [3.8, 4) is 0 Å². The fourth-order valence-corrected chi connectivity index (χ4v) is 1.83. The number of aromatic nitrogens is 2. The monoisotopic (exact) mass is 312 g/mol. The first-order valence-corrected chi connectivity index (χ1v) is 7.44. The molecule has 0 fully saturated rings. The molecule has 6 heteroatoms. The quantitative estimate of drug-likeness (QED) is 0.801. The molecule has 2 aromatic rings. The van der Waals surface area contributed by atoms with E-state index in [1.165, 1.54) is 19.3 Å². The molecule has 1 heterocycles. The van der Waals surface area contributed by atoms with Gasteiger partial charge in [-0.05, 0) is 37.1 Å². The lowest BCUT2D eigenvalue weighted by molar-refractivity contribution is 0.0942. The molecule has 0 saturated heterocycles. The zero-order chi connectivity index (χ0) is 16.8. The number of ketones is 1. The van der Waals surface area contributed by atoms with Crippen molar-refractivity contribution in [3.63, 3.8) is 0 Å². The van der Waals surface area contributed by atoms with E-state index in [-0.39, 0.29) is 17.4 Å². The maximum atomic E-state index is 11.9. The second-order valence-electron chi connectivity index (χ2n) is 5.65. The highest BCUT2D eigenvalue weighted by Crippen LogP contribution is 2.15. The van der Waals surface area contributed by atoms with Gasteiger partial charge < -0.3 is 10.6 Å². The lowest BCUT2D eigenvalue weighted by Gasteiger charge is -2.08. The van der Waals surface area contributed by atoms with Crippen LogP contribution in [0.3, 0.4) is 0 Å². The first-order valence-electron chi connectivity index (χ1n) is 7.44. The summed E-state index contributed by atoms with van der Waals surface area (Å²) in [5.74, 6) is 0.698. The fraction of sp³-hybridized carbons (Fsp3) is 0.294. The number of hydrogen-bond donors (Lipinski definition) is 2. The van der Waals surface area contributed by atoms with Crippen LogP contribution in [0.4, 0.5) is 11.5 Å². The number of carbonyl (C=O) groups is 2. The number of carbonyl (C=O) groups excluding carboxylic acids is 2. The van der Waals surface area contributed by atoms with Gasteiger partial charge in [0, 0.05) is 17.8 Å². The average molecular weight is 312 g/mol. The molecule has 6 nitrogen and oxygen atoms in total. The summed E-state index contributed by atoms with van der Waals surface area (Å²) in [7, 11) is 0. The van der Waals surface area contributed by atoms with Crippen molar-refractivity contribution in [2.75, 3.05) is 11.9 Å². The predicted octanol–water partition coefficient (Wildman–Crippen LogP) is 2.81. The molecule has 23 heavy (non-hydrogen) atoms. The molecule has 0 bridgehead atoms. The van der Waals surface area contributed by atoms with Crippen LogP contribution in [0.1, 0.15) is 41.6 Å². The molecule has 1 aromatic heterocycles. The molecule has 0 spiro atoms. The summed E-state index contributed by atoms with van der Waals surface area (Å²) in [4.78, 5) is 31.4. The van der Waals surface area contributed by atoms with E-state index in [0.717, 1.165) is 5.69 Å². The van der Waals surface area contributed by atoms with E-state index in [1.807, 2.05) is 13.8 Å². The molecule has 0 saturated carbocycles. The number of amides is 1. The van der Waals surface area contributed by atoms with Crippen molar-refractivity contribution < 1.29 is 9.59 Å². The third kappa shape index (κ3) is 4.88. The van der Waals surface area contributed by atoms with Gasteiger partial charge in [0.2, 0.25) is 0 Å². The highest BCUT2D eigenvalue weighted by atomic mass is 16.1. The first-order chi connectivity index (χ1) is 11.0. The van der Waals surface area contributed by atoms with Crippen molar-refractivity contribution in [2.45, 2.75) is 20.8 Å². The van der Waals surface area contributed by atoms with Crippen LogP contribution in [0.25, 0.3) is 0 Å². The van der Waals surface area contributed by atoms with Crippen molar-refractivity contribution in [1.82, 2.24) is 15.3 Å². The summed E-state index contributed by atoms with van der Waals surface area (Å²) in [6, 6.07) is 7.07. The minimum absolute atomic E-state index is 0.0214. The van der Waals surface area contributed by atoms with Gasteiger partial charge in [-0.3, -0.25) is 9.59 Å². The summed E-state index contributed by atoms with van der Waals surface area (Å²) in [5, 5.41) is 5.86. The van der Waals surface area contributed by atoms with E-state index >= 15 is 0 Å². The Kier molecular flexibility index (Phi) is 5.41. The van der Waals surface area contributed by atoms with Crippen LogP contribution >= 0.6 is 0 Å². The summed E-state index contributed by atoms with van der Waals surface area (Å²) in [5.41, 5.74) is 1.73. The molecule has 1 amide bonds. The average Bonchev–Trinajstić information content (AvgIpc) is 2.54. The Morgan fingerprint density at radius 3 is 2.30 bits per heavy atom. The topological polar surface area (TPSA) is 84.0 Å². The number of rotatable bonds is 6. The summed E-state index contributed by atoms with van der Waals surface area (Å²) in [6.07, 6.45) is 2.94. The molecule has 0 unspecified atom stereocenters. The van der Waals surface area contributed by atoms with Crippen LogP contribution in [0, 0.1) is 5.92 Å². The van der Waals surface area contributed by atoms with Crippen LogP contribution < -0.4 is 10.6 Å². The highest BCUT2D eigenvalue weighted by molar-refractivity contribution is 5.94. The van der Waals surface area contributed by atoms with E-state index in [2.05, 4.69) is 20.6 Å². The molecular weight excluding hydrogens is 292 g/mol. The van der Waals surface area contributed by atoms with Crippen molar-refractivity contribution in [2.24, 2.45) is 5.92 Å². The molecule has 2 N–H and O–H groups in total. The van der Waals surface area contributed by atoms with Crippen LogP contribution in [0.5, 0.6) is 0 Å². The zero-order valence-corrected chi connectivity index (χ0v) is 13.5. The number of benzene rings is 1. The van der Waals surface area contributed by atoms with E-state index in [0.29, 0.717) is 23.8 Å². The Labute approximate surface area is 135 Å². The second-order valence-corrected chi connectivity index (χ2v) is 5.65. The maximum absolute atomic E-state index is 11.9. The number of Topliss-reactive ketones (excluding diaryl/α,β-unsaturated/α-hetero) is 1. The van der Waals surface area contributed by atoms with E-state index in [4.69, 9.17) is 0 Å². The number of nitrogens with one attached hydrogen (secondary N) is 2. The summed E-state index contributed by atoms with van der Waals surface area (Å²) in [6.45, 7) is 6.17. The lowest BCUT2D eigenvalue weighted by atomic mass is 10.1. The van der Waals surface area contributed by atoms with Crippen molar-refractivity contribution in [1.29, 1.82) is 0 Å².